The van der Waals surface area contributed by atoms with E-state index in [9.17, 15) is 4.79 Å². The average molecular weight is 307 g/mol. The van der Waals surface area contributed by atoms with Crippen LogP contribution >= 0.6 is 11.6 Å². The number of hydrogen-bond donors (Lipinski definition) is 0. The first-order valence-corrected chi connectivity index (χ1v) is 7.59. The second-order valence-electron chi connectivity index (χ2n) is 5.24. The molecule has 0 N–H and O–H groups in total. The van der Waals surface area contributed by atoms with E-state index in [1.54, 1.807) is 12.1 Å². The van der Waals surface area contributed by atoms with E-state index in [0.717, 1.165) is 24.9 Å². The van der Waals surface area contributed by atoms with Crippen molar-refractivity contribution in [1.82, 2.24) is 4.90 Å². The van der Waals surface area contributed by atoms with Gasteiger partial charge in [-0.15, -0.1) is 0 Å². The van der Waals surface area contributed by atoms with Crippen LogP contribution in [0.15, 0.2) is 18.2 Å². The van der Waals surface area contributed by atoms with Crippen LogP contribution in [-0.4, -0.2) is 30.6 Å². The lowest BCUT2D eigenvalue weighted by Gasteiger charge is -2.31. The number of benzene rings is 1. The molecule has 0 aliphatic carbocycles. The Morgan fingerprint density at radius 2 is 2.38 bits per heavy atom. The van der Waals surface area contributed by atoms with Gasteiger partial charge in [0.05, 0.1) is 24.2 Å². The monoisotopic (exact) mass is 306 g/mol. The third kappa shape index (κ3) is 4.20. The van der Waals surface area contributed by atoms with Crippen LogP contribution in [0.25, 0.3) is 0 Å². The molecule has 21 heavy (non-hydrogen) atoms. The van der Waals surface area contributed by atoms with Crippen molar-refractivity contribution in [3.8, 4) is 6.07 Å². The summed E-state index contributed by atoms with van der Waals surface area (Å²) in [6.45, 7) is 4.60. The van der Waals surface area contributed by atoms with Crippen LogP contribution in [0.2, 0.25) is 5.02 Å². The Morgan fingerprint density at radius 1 is 1.57 bits per heavy atom. The molecule has 1 aromatic carbocycles. The molecule has 1 atom stereocenters. The van der Waals surface area contributed by atoms with E-state index in [1.165, 1.54) is 0 Å². The number of likely N-dealkylation sites (tertiary alicyclic amines) is 1. The second kappa shape index (κ2) is 7.44. The predicted molar refractivity (Wildman–Crippen MR) is 80.8 cm³/mol. The number of nitrogens with zero attached hydrogens (tertiary/aromatic N) is 2. The molecule has 1 fully saturated rings. The molecule has 1 aliphatic rings. The number of carbonyl (C=O) groups is 1. The molecule has 0 unspecified atom stereocenters. The summed E-state index contributed by atoms with van der Waals surface area (Å²) in [5.74, 6) is -0.149. The number of piperidine rings is 1. The third-order valence-electron chi connectivity index (χ3n) is 3.70. The normalized spacial score (nSPS) is 19.0. The van der Waals surface area contributed by atoms with Gasteiger partial charge in [-0.25, -0.2) is 0 Å². The van der Waals surface area contributed by atoms with Gasteiger partial charge in [-0.2, -0.15) is 5.26 Å². The standard InChI is InChI=1S/C16H19ClN2O2/c1-2-21-16(20)14-4-3-7-19(11-14)10-13-6-5-12(9-18)8-15(13)17/h5-6,8,14H,2-4,7,10-11H2,1H3/t14-/m0/s1. The van der Waals surface area contributed by atoms with E-state index in [0.29, 0.717) is 30.3 Å². The van der Waals surface area contributed by atoms with Crippen molar-refractivity contribution in [3.05, 3.63) is 34.3 Å². The van der Waals surface area contributed by atoms with Crippen molar-refractivity contribution in [2.75, 3.05) is 19.7 Å². The Morgan fingerprint density at radius 3 is 3.05 bits per heavy atom. The minimum absolute atomic E-state index is 0.0455. The molecule has 1 saturated heterocycles. The van der Waals surface area contributed by atoms with E-state index >= 15 is 0 Å². The van der Waals surface area contributed by atoms with Gasteiger partial charge >= 0.3 is 5.97 Å². The van der Waals surface area contributed by atoms with Crippen molar-refractivity contribution in [3.63, 3.8) is 0 Å². The zero-order valence-corrected chi connectivity index (χ0v) is 12.9. The van der Waals surface area contributed by atoms with Crippen LogP contribution < -0.4 is 0 Å². The second-order valence-corrected chi connectivity index (χ2v) is 5.65. The number of ether oxygens (including phenoxy) is 1. The van der Waals surface area contributed by atoms with Crippen molar-refractivity contribution in [1.29, 1.82) is 5.26 Å². The minimum atomic E-state index is -0.104. The highest BCUT2D eigenvalue weighted by Crippen LogP contribution is 2.23. The van der Waals surface area contributed by atoms with Gasteiger partial charge in [0.2, 0.25) is 0 Å². The van der Waals surface area contributed by atoms with Crippen LogP contribution in [0.4, 0.5) is 0 Å². The number of rotatable bonds is 4. The van der Waals surface area contributed by atoms with Gasteiger partial charge in [-0.3, -0.25) is 9.69 Å². The number of esters is 1. The van der Waals surface area contributed by atoms with E-state index in [2.05, 4.69) is 11.0 Å². The van der Waals surface area contributed by atoms with Crippen molar-refractivity contribution in [2.45, 2.75) is 26.3 Å². The van der Waals surface area contributed by atoms with E-state index < -0.39 is 0 Å². The SMILES string of the molecule is CCOC(=O)[C@H]1CCCN(Cc2ccc(C#N)cc2Cl)C1. The summed E-state index contributed by atoms with van der Waals surface area (Å²) < 4.78 is 5.11. The molecular weight excluding hydrogens is 288 g/mol. The molecule has 112 valence electrons. The zero-order valence-electron chi connectivity index (χ0n) is 12.1. The third-order valence-corrected chi connectivity index (χ3v) is 4.05. The fraction of sp³-hybridized carbons (Fsp3) is 0.500. The van der Waals surface area contributed by atoms with E-state index in [1.807, 2.05) is 13.0 Å². The Balaban J connectivity index is 1.99. The van der Waals surface area contributed by atoms with Gasteiger partial charge in [-0.1, -0.05) is 17.7 Å². The molecule has 2 rings (SSSR count). The summed E-state index contributed by atoms with van der Waals surface area (Å²) in [4.78, 5) is 14.1. The lowest BCUT2D eigenvalue weighted by molar-refractivity contribution is -0.150. The van der Waals surface area contributed by atoms with Crippen molar-refractivity contribution in [2.24, 2.45) is 5.92 Å². The highest BCUT2D eigenvalue weighted by atomic mass is 35.5. The smallest absolute Gasteiger partial charge is 0.310 e. The van der Waals surface area contributed by atoms with Gasteiger partial charge < -0.3 is 4.74 Å². The van der Waals surface area contributed by atoms with Crippen LogP contribution in [0, 0.1) is 17.2 Å². The highest BCUT2D eigenvalue weighted by molar-refractivity contribution is 6.31. The first kappa shape index (κ1) is 15.8. The van der Waals surface area contributed by atoms with Gasteiger partial charge in [0.15, 0.2) is 0 Å². The summed E-state index contributed by atoms with van der Waals surface area (Å²) in [5.41, 5.74) is 1.55. The lowest BCUT2D eigenvalue weighted by atomic mass is 9.97. The lowest BCUT2D eigenvalue weighted by Crippen LogP contribution is -2.39. The fourth-order valence-electron chi connectivity index (χ4n) is 2.64. The summed E-state index contributed by atoms with van der Waals surface area (Å²) in [6, 6.07) is 7.42. The van der Waals surface area contributed by atoms with Gasteiger partial charge in [0.25, 0.3) is 0 Å². The number of hydrogen-bond acceptors (Lipinski definition) is 4. The maximum Gasteiger partial charge on any atom is 0.310 e. The number of nitriles is 1. The Labute approximate surface area is 130 Å². The first-order chi connectivity index (χ1) is 10.1. The Bertz CT molecular complexity index is 554. The maximum absolute atomic E-state index is 11.8. The minimum Gasteiger partial charge on any atom is -0.466 e. The molecule has 1 aliphatic heterocycles. The highest BCUT2D eigenvalue weighted by Gasteiger charge is 2.27. The molecule has 0 spiro atoms. The van der Waals surface area contributed by atoms with Crippen LogP contribution in [0.1, 0.15) is 30.9 Å². The molecule has 0 bridgehead atoms. The molecule has 0 aromatic heterocycles. The quantitative estimate of drug-likeness (QED) is 0.803. The van der Waals surface area contributed by atoms with E-state index in [4.69, 9.17) is 21.6 Å². The number of carbonyl (C=O) groups excluding carboxylic acids is 1. The number of halogens is 1. The molecular formula is C16H19ClN2O2. The van der Waals surface area contributed by atoms with E-state index in [-0.39, 0.29) is 11.9 Å². The van der Waals surface area contributed by atoms with Crippen LogP contribution in [0.3, 0.4) is 0 Å². The molecule has 0 amide bonds. The van der Waals surface area contributed by atoms with Crippen LogP contribution in [-0.2, 0) is 16.1 Å². The Kier molecular flexibility index (Phi) is 5.60. The van der Waals surface area contributed by atoms with Crippen molar-refractivity contribution >= 4 is 17.6 Å². The Hall–Kier alpha value is -1.57. The summed E-state index contributed by atoms with van der Waals surface area (Å²) >= 11 is 6.21. The maximum atomic E-state index is 11.8. The summed E-state index contributed by atoms with van der Waals surface area (Å²) in [7, 11) is 0. The average Bonchev–Trinajstić information content (AvgIpc) is 2.50. The first-order valence-electron chi connectivity index (χ1n) is 7.21. The van der Waals surface area contributed by atoms with Crippen LogP contribution in [0.5, 0.6) is 0 Å². The summed E-state index contributed by atoms with van der Waals surface area (Å²) in [5, 5.41) is 9.45. The molecule has 0 radical (unpaired) electrons. The van der Waals surface area contributed by atoms with Gasteiger partial charge in [0, 0.05) is 18.1 Å². The largest absolute Gasteiger partial charge is 0.466 e. The molecule has 0 saturated carbocycles. The zero-order chi connectivity index (χ0) is 15.2. The van der Waals surface area contributed by atoms with Gasteiger partial charge in [0.1, 0.15) is 0 Å². The molecule has 1 heterocycles. The topological polar surface area (TPSA) is 53.3 Å². The molecule has 1 aromatic rings. The molecule has 4 nitrogen and oxygen atoms in total. The van der Waals surface area contributed by atoms with Crippen molar-refractivity contribution < 1.29 is 9.53 Å². The molecule has 5 heteroatoms. The van der Waals surface area contributed by atoms with Gasteiger partial charge in [-0.05, 0) is 44.0 Å². The summed E-state index contributed by atoms with van der Waals surface area (Å²) in [6.07, 6.45) is 1.87. The predicted octanol–water partition coefficient (Wildman–Crippen LogP) is 2.99. The fourth-order valence-corrected chi connectivity index (χ4v) is 2.88.